The molecule has 1 aromatic rings. The van der Waals surface area contributed by atoms with Crippen molar-refractivity contribution in [2.45, 2.75) is 38.3 Å². The highest BCUT2D eigenvalue weighted by atomic mass is 16.5. The zero-order chi connectivity index (χ0) is 15.6. The maximum atomic E-state index is 9.73. The Hall–Kier alpha value is -1.41. The monoisotopic (exact) mass is 290 g/mol. The van der Waals surface area contributed by atoms with Crippen LogP contribution in [0.3, 0.4) is 0 Å². The second-order valence-corrected chi connectivity index (χ2v) is 5.20. The van der Waals surface area contributed by atoms with Crippen molar-refractivity contribution in [2.24, 2.45) is 0 Å². The van der Waals surface area contributed by atoms with Crippen molar-refractivity contribution in [1.82, 2.24) is 5.32 Å². The van der Waals surface area contributed by atoms with Gasteiger partial charge in [0, 0.05) is 13.5 Å². The third kappa shape index (κ3) is 5.47. The lowest BCUT2D eigenvalue weighted by Gasteiger charge is -2.29. The molecule has 0 saturated heterocycles. The average Bonchev–Trinajstić information content (AvgIpc) is 2.52. The SMILES string of the molecule is CCCNC(C#N)(CCOC(C)COC)c1ccccc1. The molecule has 0 saturated carbocycles. The van der Waals surface area contributed by atoms with Crippen LogP contribution in [0.4, 0.5) is 0 Å². The maximum Gasteiger partial charge on any atom is 0.134 e. The third-order valence-corrected chi connectivity index (χ3v) is 3.42. The molecule has 4 heteroatoms. The summed E-state index contributed by atoms with van der Waals surface area (Å²) in [5.74, 6) is 0. The first kappa shape index (κ1) is 17.6. The summed E-state index contributed by atoms with van der Waals surface area (Å²) in [6.07, 6.45) is 1.63. The van der Waals surface area contributed by atoms with Gasteiger partial charge in [0.15, 0.2) is 0 Å². The second kappa shape index (κ2) is 9.51. The van der Waals surface area contributed by atoms with Gasteiger partial charge in [-0.25, -0.2) is 0 Å². The number of nitriles is 1. The Labute approximate surface area is 128 Å². The Balaban J connectivity index is 2.75. The minimum absolute atomic E-state index is 0.0355. The van der Waals surface area contributed by atoms with E-state index in [4.69, 9.17) is 9.47 Å². The number of benzene rings is 1. The summed E-state index contributed by atoms with van der Waals surface area (Å²) in [4.78, 5) is 0. The molecule has 1 aromatic carbocycles. The van der Waals surface area contributed by atoms with Crippen molar-refractivity contribution in [3.63, 3.8) is 0 Å². The van der Waals surface area contributed by atoms with Gasteiger partial charge in [-0.3, -0.25) is 5.32 Å². The van der Waals surface area contributed by atoms with Crippen molar-refractivity contribution in [2.75, 3.05) is 26.9 Å². The first-order chi connectivity index (χ1) is 10.2. The van der Waals surface area contributed by atoms with Gasteiger partial charge in [0.25, 0.3) is 0 Å². The van der Waals surface area contributed by atoms with E-state index >= 15 is 0 Å². The number of rotatable bonds is 10. The zero-order valence-electron chi connectivity index (χ0n) is 13.3. The molecule has 2 unspecified atom stereocenters. The minimum Gasteiger partial charge on any atom is -0.382 e. The highest BCUT2D eigenvalue weighted by molar-refractivity contribution is 5.31. The summed E-state index contributed by atoms with van der Waals surface area (Å²) >= 11 is 0. The van der Waals surface area contributed by atoms with Crippen LogP contribution in [-0.4, -0.2) is 33.0 Å². The quantitative estimate of drug-likeness (QED) is 0.720. The van der Waals surface area contributed by atoms with Gasteiger partial charge < -0.3 is 9.47 Å². The number of methoxy groups -OCH3 is 1. The Morgan fingerprint density at radius 3 is 2.62 bits per heavy atom. The summed E-state index contributed by atoms with van der Waals surface area (Å²) in [5, 5.41) is 13.1. The topological polar surface area (TPSA) is 54.3 Å². The van der Waals surface area contributed by atoms with E-state index in [0.717, 1.165) is 18.5 Å². The number of nitrogens with one attached hydrogen (secondary N) is 1. The molecule has 116 valence electrons. The van der Waals surface area contributed by atoms with E-state index in [9.17, 15) is 5.26 Å². The number of ether oxygens (including phenoxy) is 2. The Kier molecular flexibility index (Phi) is 7.99. The fourth-order valence-electron chi connectivity index (χ4n) is 2.25. The zero-order valence-corrected chi connectivity index (χ0v) is 13.3. The molecule has 0 aliphatic carbocycles. The standard InChI is InChI=1S/C17H26N2O2/c1-4-11-19-17(14-18,16-8-6-5-7-9-16)10-12-21-15(2)13-20-3/h5-9,15,19H,4,10-13H2,1-3H3. The maximum absolute atomic E-state index is 9.73. The predicted octanol–water partition coefficient (Wildman–Crippen LogP) is 2.85. The highest BCUT2D eigenvalue weighted by Gasteiger charge is 2.31. The Morgan fingerprint density at radius 1 is 1.33 bits per heavy atom. The van der Waals surface area contributed by atoms with E-state index in [1.54, 1.807) is 7.11 Å². The molecule has 4 nitrogen and oxygen atoms in total. The first-order valence-electron chi connectivity index (χ1n) is 7.51. The lowest BCUT2D eigenvalue weighted by Crippen LogP contribution is -2.42. The highest BCUT2D eigenvalue weighted by Crippen LogP contribution is 2.24. The summed E-state index contributed by atoms with van der Waals surface area (Å²) < 4.78 is 10.8. The molecular formula is C17H26N2O2. The van der Waals surface area contributed by atoms with Crippen molar-refractivity contribution in [3.8, 4) is 6.07 Å². The first-order valence-corrected chi connectivity index (χ1v) is 7.51. The lowest BCUT2D eigenvalue weighted by molar-refractivity contribution is 0.00266. The molecule has 0 bridgehead atoms. The van der Waals surface area contributed by atoms with Crippen LogP contribution in [0.1, 0.15) is 32.3 Å². The molecule has 21 heavy (non-hydrogen) atoms. The third-order valence-electron chi connectivity index (χ3n) is 3.42. The smallest absolute Gasteiger partial charge is 0.134 e. The van der Waals surface area contributed by atoms with Gasteiger partial charge in [0.2, 0.25) is 0 Å². The van der Waals surface area contributed by atoms with Gasteiger partial charge in [-0.05, 0) is 25.5 Å². The molecule has 1 rings (SSSR count). The fraction of sp³-hybridized carbons (Fsp3) is 0.588. The normalized spacial score (nSPS) is 15.1. The van der Waals surface area contributed by atoms with Gasteiger partial charge in [-0.1, -0.05) is 37.3 Å². The fourth-order valence-corrected chi connectivity index (χ4v) is 2.25. The number of hydrogen-bond acceptors (Lipinski definition) is 4. The predicted molar refractivity (Wildman–Crippen MR) is 83.9 cm³/mol. The summed E-state index contributed by atoms with van der Waals surface area (Å²) in [6, 6.07) is 12.3. The van der Waals surface area contributed by atoms with Gasteiger partial charge in [-0.15, -0.1) is 0 Å². The van der Waals surface area contributed by atoms with Crippen LogP contribution in [0.2, 0.25) is 0 Å². The van der Waals surface area contributed by atoms with Crippen LogP contribution in [0, 0.1) is 11.3 Å². The molecule has 0 fully saturated rings. The molecule has 0 aliphatic rings. The van der Waals surface area contributed by atoms with Crippen LogP contribution >= 0.6 is 0 Å². The average molecular weight is 290 g/mol. The van der Waals surface area contributed by atoms with Crippen LogP contribution < -0.4 is 5.32 Å². The summed E-state index contributed by atoms with van der Waals surface area (Å²) in [7, 11) is 1.66. The Bertz CT molecular complexity index is 430. The van der Waals surface area contributed by atoms with Gasteiger partial charge in [-0.2, -0.15) is 5.26 Å². The van der Waals surface area contributed by atoms with Gasteiger partial charge in [0.1, 0.15) is 5.54 Å². The van der Waals surface area contributed by atoms with E-state index in [-0.39, 0.29) is 6.10 Å². The minimum atomic E-state index is -0.690. The summed E-state index contributed by atoms with van der Waals surface area (Å²) in [6.45, 7) is 5.95. The molecule has 0 amide bonds. The second-order valence-electron chi connectivity index (χ2n) is 5.20. The molecule has 0 spiro atoms. The molecule has 0 radical (unpaired) electrons. The molecule has 1 N–H and O–H groups in total. The van der Waals surface area contributed by atoms with E-state index in [1.807, 2.05) is 37.3 Å². The van der Waals surface area contributed by atoms with E-state index in [0.29, 0.717) is 19.6 Å². The van der Waals surface area contributed by atoms with Crippen LogP contribution in [0.5, 0.6) is 0 Å². The molecular weight excluding hydrogens is 264 g/mol. The van der Waals surface area contributed by atoms with E-state index in [2.05, 4.69) is 18.3 Å². The van der Waals surface area contributed by atoms with Gasteiger partial charge in [0.05, 0.1) is 25.4 Å². The number of hydrogen-bond donors (Lipinski definition) is 1. The number of nitrogens with zero attached hydrogens (tertiary/aromatic N) is 1. The van der Waals surface area contributed by atoms with E-state index in [1.165, 1.54) is 0 Å². The van der Waals surface area contributed by atoms with Crippen LogP contribution in [0.25, 0.3) is 0 Å². The van der Waals surface area contributed by atoms with Crippen molar-refractivity contribution < 1.29 is 9.47 Å². The molecule has 0 heterocycles. The van der Waals surface area contributed by atoms with Crippen molar-refractivity contribution in [3.05, 3.63) is 35.9 Å². The molecule has 0 aliphatic heterocycles. The molecule has 0 aromatic heterocycles. The van der Waals surface area contributed by atoms with Crippen molar-refractivity contribution >= 4 is 0 Å². The lowest BCUT2D eigenvalue weighted by atomic mass is 9.88. The Morgan fingerprint density at radius 2 is 2.05 bits per heavy atom. The molecule has 2 atom stereocenters. The van der Waals surface area contributed by atoms with Crippen molar-refractivity contribution in [1.29, 1.82) is 5.26 Å². The van der Waals surface area contributed by atoms with Gasteiger partial charge >= 0.3 is 0 Å². The van der Waals surface area contributed by atoms with E-state index < -0.39 is 5.54 Å². The summed E-state index contributed by atoms with van der Waals surface area (Å²) in [5.41, 5.74) is 0.299. The van der Waals surface area contributed by atoms with Crippen LogP contribution in [-0.2, 0) is 15.0 Å². The van der Waals surface area contributed by atoms with Crippen LogP contribution in [0.15, 0.2) is 30.3 Å². The largest absolute Gasteiger partial charge is 0.382 e.